The molecular weight excluding hydrogens is 766 g/mol. The molecule has 0 spiro atoms. The van der Waals surface area contributed by atoms with Crippen LogP contribution in [0.5, 0.6) is 0 Å². The fraction of sp³-hybridized carbons (Fsp3) is 0.308. The van der Waals surface area contributed by atoms with E-state index in [1.165, 1.54) is 59.0 Å². The highest BCUT2D eigenvalue weighted by atomic mass is 32.2. The smallest absolute Gasteiger partial charge is 0.416 e. The van der Waals surface area contributed by atoms with Crippen LogP contribution in [0.25, 0.3) is 22.8 Å². The molecule has 0 atom stereocenters. The molecule has 5 aromatic rings. The standard InChI is InChI=1S/C33H35F3N8O3.C6H6O3S/c1-41-30(27-16-17-38-42(27)25-14-8-21(19-37)9-15-25)29(32(47)43(41)26-7-5-6-22(18-26)33(34,35)36)31(46)40-24-12-10-23(11-13-24)39-28(45)20-44(2,3)4;7-10(8,9)6-4-2-1-3-5-6/h5-9,14-18,23-24H,10-13,20H2,1-4H3,(H-,39,40,45,46);1-5H,(H,7,8,9). The Balaban J connectivity index is 0.000000540. The predicted molar refractivity (Wildman–Crippen MR) is 202 cm³/mol. The lowest BCUT2D eigenvalue weighted by molar-refractivity contribution is -0.862. The van der Waals surface area contributed by atoms with Gasteiger partial charge in [-0.15, -0.1) is 0 Å². The quantitative estimate of drug-likeness (QED) is 0.163. The highest BCUT2D eigenvalue weighted by Crippen LogP contribution is 2.32. The summed E-state index contributed by atoms with van der Waals surface area (Å²) in [4.78, 5) is 40.3. The molecule has 0 radical (unpaired) electrons. The number of aromatic nitrogens is 4. The Hall–Kier alpha value is -6.03. The van der Waals surface area contributed by atoms with Crippen molar-refractivity contribution in [1.82, 2.24) is 29.8 Å². The zero-order valence-electron chi connectivity index (χ0n) is 31.5. The van der Waals surface area contributed by atoms with Gasteiger partial charge in [0.15, 0.2) is 6.54 Å². The largest absolute Gasteiger partial charge is 0.744 e. The van der Waals surface area contributed by atoms with E-state index in [2.05, 4.69) is 15.7 Å². The first-order chi connectivity index (χ1) is 26.8. The number of amides is 2. The average molecular weight is 807 g/mol. The summed E-state index contributed by atoms with van der Waals surface area (Å²) in [7, 11) is 3.04. The maximum absolute atomic E-state index is 14.1. The van der Waals surface area contributed by atoms with Gasteiger partial charge in [0, 0.05) is 19.1 Å². The van der Waals surface area contributed by atoms with Crippen molar-refractivity contribution in [2.24, 2.45) is 7.05 Å². The summed E-state index contributed by atoms with van der Waals surface area (Å²) in [5.74, 6) is -0.718. The number of hydrogen-bond acceptors (Lipinski definition) is 8. The second kappa shape index (κ2) is 17.0. The fourth-order valence-electron chi connectivity index (χ4n) is 6.50. The first kappa shape index (κ1) is 42.1. The van der Waals surface area contributed by atoms with Crippen LogP contribution in [0.1, 0.15) is 47.2 Å². The van der Waals surface area contributed by atoms with Crippen molar-refractivity contribution < 1.29 is 40.2 Å². The van der Waals surface area contributed by atoms with Crippen molar-refractivity contribution in [3.63, 3.8) is 0 Å². The Morgan fingerprint density at radius 3 is 2.07 bits per heavy atom. The molecule has 57 heavy (non-hydrogen) atoms. The monoisotopic (exact) mass is 806 g/mol. The lowest BCUT2D eigenvalue weighted by Crippen LogP contribution is -2.49. The Morgan fingerprint density at radius 1 is 0.912 bits per heavy atom. The van der Waals surface area contributed by atoms with Crippen molar-refractivity contribution in [1.29, 1.82) is 5.26 Å². The van der Waals surface area contributed by atoms with E-state index in [1.807, 2.05) is 27.2 Å². The Kier molecular flexibility index (Phi) is 12.6. The third kappa shape index (κ3) is 10.4. The number of likely N-dealkylation sites (N-methyl/N-ethyl adjacent to an activating group) is 1. The van der Waals surface area contributed by atoms with Crippen LogP contribution >= 0.6 is 0 Å². The maximum Gasteiger partial charge on any atom is 0.416 e. The van der Waals surface area contributed by atoms with Crippen LogP contribution < -0.4 is 16.2 Å². The number of nitrogens with one attached hydrogen (secondary N) is 2. The van der Waals surface area contributed by atoms with Crippen molar-refractivity contribution in [2.45, 2.75) is 48.8 Å². The molecule has 1 aliphatic carbocycles. The van der Waals surface area contributed by atoms with Crippen LogP contribution in [-0.2, 0) is 28.1 Å². The molecule has 3 aromatic carbocycles. The Morgan fingerprint density at radius 2 is 1.53 bits per heavy atom. The number of hydrogen-bond donors (Lipinski definition) is 2. The minimum absolute atomic E-state index is 0.0330. The van der Waals surface area contributed by atoms with Crippen LogP contribution in [0.15, 0.2) is 101 Å². The third-order valence-corrected chi connectivity index (χ3v) is 9.96. The van der Waals surface area contributed by atoms with Crippen LogP contribution in [0.4, 0.5) is 13.2 Å². The molecule has 1 fully saturated rings. The average Bonchev–Trinajstić information content (AvgIpc) is 3.73. The summed E-state index contributed by atoms with van der Waals surface area (Å²) in [5.41, 5.74) is -0.604. The van der Waals surface area contributed by atoms with Crippen LogP contribution in [0.2, 0.25) is 0 Å². The van der Waals surface area contributed by atoms with Crippen LogP contribution in [-0.4, -0.2) is 88.2 Å². The molecule has 0 aliphatic heterocycles. The number of carbonyl (C=O) groups excluding carboxylic acids is 2. The molecule has 0 bridgehead atoms. The van der Waals surface area contributed by atoms with Crippen molar-refractivity contribution >= 4 is 21.9 Å². The maximum atomic E-state index is 14.1. The third-order valence-electron chi connectivity index (χ3n) is 9.12. The van der Waals surface area contributed by atoms with Crippen molar-refractivity contribution in [3.8, 4) is 28.8 Å². The van der Waals surface area contributed by atoms with E-state index in [4.69, 9.17) is 0 Å². The highest BCUT2D eigenvalue weighted by molar-refractivity contribution is 7.85. The second-order valence-electron chi connectivity index (χ2n) is 14.5. The molecule has 14 nitrogen and oxygen atoms in total. The van der Waals surface area contributed by atoms with Gasteiger partial charge in [-0.25, -0.2) is 17.8 Å². The topological polar surface area (TPSA) is 184 Å². The van der Waals surface area contributed by atoms with E-state index < -0.39 is 33.3 Å². The van der Waals surface area contributed by atoms with Gasteiger partial charge in [0.2, 0.25) is 0 Å². The number of nitrogens with zero attached hydrogens (tertiary/aromatic N) is 6. The minimum atomic E-state index is -4.65. The molecule has 2 N–H and O–H groups in total. The van der Waals surface area contributed by atoms with E-state index in [1.54, 1.807) is 36.4 Å². The van der Waals surface area contributed by atoms with Gasteiger partial charge < -0.3 is 19.7 Å². The molecule has 18 heteroatoms. The summed E-state index contributed by atoms with van der Waals surface area (Å²) in [6.45, 7) is 0.338. The summed E-state index contributed by atoms with van der Waals surface area (Å²) >= 11 is 0. The van der Waals surface area contributed by atoms with Gasteiger partial charge in [-0.3, -0.25) is 19.1 Å². The zero-order chi connectivity index (χ0) is 41.7. The normalized spacial score (nSPS) is 15.8. The van der Waals surface area contributed by atoms with E-state index in [0.29, 0.717) is 53.7 Å². The van der Waals surface area contributed by atoms with E-state index in [-0.39, 0.29) is 39.8 Å². The van der Waals surface area contributed by atoms with E-state index in [9.17, 15) is 45.8 Å². The van der Waals surface area contributed by atoms with Crippen molar-refractivity contribution in [3.05, 3.63) is 118 Å². The lowest BCUT2D eigenvalue weighted by atomic mass is 9.91. The van der Waals surface area contributed by atoms with Gasteiger partial charge in [-0.2, -0.15) is 23.5 Å². The molecule has 6 rings (SSSR count). The Labute approximate surface area is 327 Å². The molecule has 1 saturated carbocycles. The fourth-order valence-corrected chi connectivity index (χ4v) is 7.00. The second-order valence-corrected chi connectivity index (χ2v) is 15.9. The number of rotatable bonds is 9. The zero-order valence-corrected chi connectivity index (χ0v) is 32.3. The van der Waals surface area contributed by atoms with Gasteiger partial charge in [-0.1, -0.05) is 24.3 Å². The summed E-state index contributed by atoms with van der Waals surface area (Å²) in [6, 6.07) is 21.4. The van der Waals surface area contributed by atoms with E-state index in [0.717, 1.165) is 16.8 Å². The predicted octanol–water partition coefficient (Wildman–Crippen LogP) is 4.37. The number of halogens is 3. The van der Waals surface area contributed by atoms with Gasteiger partial charge in [0.25, 0.3) is 17.4 Å². The summed E-state index contributed by atoms with van der Waals surface area (Å²) < 4.78 is 76.1. The molecular formula is C39H41F3N8O6S. The number of benzene rings is 3. The SMILES string of the molecule is Cn1c(-c2ccnn2-c2ccc(C#N)cc2)c(C(=O)NC2CCC(NC(=O)C[N+](C)(C)C)CC2)c(=O)n1-c1cccc(C(F)(F)F)c1.O=S(=O)([O-])c1ccccc1. The molecule has 0 unspecified atom stereocenters. The van der Waals surface area contributed by atoms with Crippen LogP contribution in [0, 0.1) is 11.3 Å². The first-order valence-electron chi connectivity index (χ1n) is 17.7. The molecule has 0 saturated heterocycles. The van der Waals surface area contributed by atoms with Gasteiger partial charge in [-0.05, 0) is 86.3 Å². The molecule has 2 amide bonds. The van der Waals surface area contributed by atoms with Gasteiger partial charge >= 0.3 is 6.18 Å². The van der Waals surface area contributed by atoms with Gasteiger partial charge in [0.05, 0.1) is 66.5 Å². The van der Waals surface area contributed by atoms with Crippen LogP contribution in [0.3, 0.4) is 0 Å². The Bertz CT molecular complexity index is 2440. The minimum Gasteiger partial charge on any atom is -0.744 e. The molecule has 2 aromatic heterocycles. The van der Waals surface area contributed by atoms with Crippen molar-refractivity contribution in [2.75, 3.05) is 27.7 Å². The molecule has 2 heterocycles. The number of alkyl halides is 3. The molecule has 300 valence electrons. The number of carbonyl (C=O) groups is 2. The number of quaternary nitrogens is 1. The summed E-state index contributed by atoms with van der Waals surface area (Å²) in [6.07, 6.45) is -0.769. The van der Waals surface area contributed by atoms with E-state index >= 15 is 0 Å². The first-order valence-corrected chi connectivity index (χ1v) is 19.1. The molecule has 1 aliphatic rings. The number of nitriles is 1. The highest BCUT2D eigenvalue weighted by Gasteiger charge is 2.33. The summed E-state index contributed by atoms with van der Waals surface area (Å²) in [5, 5.41) is 19.6. The van der Waals surface area contributed by atoms with Gasteiger partial charge in [0.1, 0.15) is 21.4 Å². The lowest BCUT2D eigenvalue weighted by Gasteiger charge is -2.30.